The summed E-state index contributed by atoms with van der Waals surface area (Å²) in [5, 5.41) is 0. The molecule has 0 aromatic heterocycles. The summed E-state index contributed by atoms with van der Waals surface area (Å²) in [7, 11) is 0. The van der Waals surface area contributed by atoms with Crippen molar-refractivity contribution in [3.8, 4) is 0 Å². The Kier molecular flexibility index (Phi) is 4.37. The predicted molar refractivity (Wildman–Crippen MR) is 76.8 cm³/mol. The highest BCUT2D eigenvalue weighted by Crippen LogP contribution is 2.23. The van der Waals surface area contributed by atoms with Gasteiger partial charge in [-0.2, -0.15) is 0 Å². The van der Waals surface area contributed by atoms with E-state index in [0.29, 0.717) is 0 Å². The van der Waals surface area contributed by atoms with E-state index in [4.69, 9.17) is 0 Å². The minimum atomic E-state index is 0.882. The van der Waals surface area contributed by atoms with Crippen molar-refractivity contribution in [2.45, 2.75) is 57.4 Å². The van der Waals surface area contributed by atoms with Crippen LogP contribution in [0.5, 0.6) is 0 Å². The first-order valence-corrected chi connectivity index (χ1v) is 8.06. The molecule has 102 valence electrons. The van der Waals surface area contributed by atoms with Crippen LogP contribution in [0, 0.1) is 0 Å². The average Bonchev–Trinajstić information content (AvgIpc) is 2.46. The van der Waals surface area contributed by atoms with Gasteiger partial charge in [-0.25, -0.2) is 0 Å². The summed E-state index contributed by atoms with van der Waals surface area (Å²) in [6, 6.07) is 0.882. The molecule has 0 spiro atoms. The molecule has 1 aliphatic carbocycles. The SMILES string of the molecule is C1=C(CCN2CCN3CCCCC3C2)CCCC1. The highest BCUT2D eigenvalue weighted by Gasteiger charge is 2.28. The van der Waals surface area contributed by atoms with Crippen LogP contribution in [-0.4, -0.2) is 48.6 Å². The van der Waals surface area contributed by atoms with Crippen LogP contribution in [0.4, 0.5) is 0 Å². The first kappa shape index (κ1) is 12.7. The van der Waals surface area contributed by atoms with E-state index in [-0.39, 0.29) is 0 Å². The molecule has 18 heavy (non-hydrogen) atoms. The number of fused-ring (bicyclic) bond motifs is 1. The summed E-state index contributed by atoms with van der Waals surface area (Å²) in [6.45, 7) is 6.65. The second kappa shape index (κ2) is 6.21. The number of allylic oxidation sites excluding steroid dienone is 1. The van der Waals surface area contributed by atoms with Crippen molar-refractivity contribution < 1.29 is 0 Å². The van der Waals surface area contributed by atoms with Gasteiger partial charge in [0.2, 0.25) is 0 Å². The van der Waals surface area contributed by atoms with Crippen molar-refractivity contribution in [3.05, 3.63) is 11.6 Å². The summed E-state index contributed by atoms with van der Waals surface area (Å²) in [6.07, 6.45) is 13.8. The van der Waals surface area contributed by atoms with Gasteiger partial charge in [-0.15, -0.1) is 0 Å². The lowest BCUT2D eigenvalue weighted by Gasteiger charge is -2.44. The fourth-order valence-corrected chi connectivity index (χ4v) is 3.86. The molecule has 1 unspecified atom stereocenters. The summed E-state index contributed by atoms with van der Waals surface area (Å²) in [5.74, 6) is 0. The maximum absolute atomic E-state index is 2.74. The van der Waals surface area contributed by atoms with Gasteiger partial charge in [0.1, 0.15) is 0 Å². The third-order valence-electron chi connectivity index (χ3n) is 5.06. The van der Waals surface area contributed by atoms with Crippen LogP contribution < -0.4 is 0 Å². The Morgan fingerprint density at radius 2 is 2.06 bits per heavy atom. The van der Waals surface area contributed by atoms with E-state index in [0.717, 1.165) is 6.04 Å². The molecule has 3 aliphatic rings. The molecule has 3 rings (SSSR count). The lowest BCUT2D eigenvalue weighted by molar-refractivity contribution is 0.0499. The standard InChI is InChI=1S/C16H28N2/c1-2-6-15(7-3-1)9-11-17-12-13-18-10-5-4-8-16(18)14-17/h6,16H,1-5,7-14H2. The van der Waals surface area contributed by atoms with E-state index in [1.54, 1.807) is 5.57 Å². The Labute approximate surface area is 112 Å². The zero-order valence-electron chi connectivity index (χ0n) is 11.7. The number of rotatable bonds is 3. The van der Waals surface area contributed by atoms with Gasteiger partial charge in [-0.05, 0) is 51.5 Å². The van der Waals surface area contributed by atoms with Gasteiger partial charge in [0.25, 0.3) is 0 Å². The Hall–Kier alpha value is -0.340. The molecule has 0 aromatic rings. The van der Waals surface area contributed by atoms with Gasteiger partial charge in [-0.3, -0.25) is 4.90 Å². The molecule has 2 aliphatic heterocycles. The minimum absolute atomic E-state index is 0.882. The van der Waals surface area contributed by atoms with Gasteiger partial charge in [-0.1, -0.05) is 18.1 Å². The highest BCUT2D eigenvalue weighted by molar-refractivity contribution is 5.05. The Balaban J connectivity index is 1.44. The largest absolute Gasteiger partial charge is 0.300 e. The molecule has 2 heteroatoms. The van der Waals surface area contributed by atoms with Crippen molar-refractivity contribution >= 4 is 0 Å². The normalized spacial score (nSPS) is 30.9. The zero-order valence-corrected chi connectivity index (χ0v) is 11.7. The highest BCUT2D eigenvalue weighted by atomic mass is 15.3. The summed E-state index contributed by atoms with van der Waals surface area (Å²) < 4.78 is 0. The number of piperidine rings is 1. The number of hydrogen-bond acceptors (Lipinski definition) is 2. The van der Waals surface area contributed by atoms with Crippen LogP contribution in [0.2, 0.25) is 0 Å². The first-order chi connectivity index (χ1) is 8.92. The van der Waals surface area contributed by atoms with Crippen molar-refractivity contribution in [1.29, 1.82) is 0 Å². The molecule has 2 nitrogen and oxygen atoms in total. The van der Waals surface area contributed by atoms with Crippen LogP contribution in [-0.2, 0) is 0 Å². The molecule has 0 bridgehead atoms. The molecular weight excluding hydrogens is 220 g/mol. The van der Waals surface area contributed by atoms with Crippen LogP contribution in [0.15, 0.2) is 11.6 Å². The second-order valence-electron chi connectivity index (χ2n) is 6.34. The van der Waals surface area contributed by atoms with Crippen LogP contribution in [0.1, 0.15) is 51.4 Å². The summed E-state index contributed by atoms with van der Waals surface area (Å²) >= 11 is 0. The Morgan fingerprint density at radius 1 is 1.06 bits per heavy atom. The van der Waals surface area contributed by atoms with Crippen LogP contribution in [0.3, 0.4) is 0 Å². The Morgan fingerprint density at radius 3 is 2.94 bits per heavy atom. The zero-order chi connectivity index (χ0) is 12.2. The number of hydrogen-bond donors (Lipinski definition) is 0. The first-order valence-electron chi connectivity index (χ1n) is 8.06. The van der Waals surface area contributed by atoms with E-state index in [1.165, 1.54) is 84.1 Å². The monoisotopic (exact) mass is 248 g/mol. The van der Waals surface area contributed by atoms with Crippen molar-refractivity contribution in [3.63, 3.8) is 0 Å². The van der Waals surface area contributed by atoms with Crippen molar-refractivity contribution in [2.24, 2.45) is 0 Å². The molecule has 2 saturated heterocycles. The summed E-state index contributed by atoms with van der Waals surface area (Å²) in [5.41, 5.74) is 1.74. The fraction of sp³-hybridized carbons (Fsp3) is 0.875. The van der Waals surface area contributed by atoms with Gasteiger partial charge in [0.15, 0.2) is 0 Å². The van der Waals surface area contributed by atoms with E-state index in [9.17, 15) is 0 Å². The molecular formula is C16H28N2. The van der Waals surface area contributed by atoms with Crippen LogP contribution >= 0.6 is 0 Å². The van der Waals surface area contributed by atoms with Crippen molar-refractivity contribution in [1.82, 2.24) is 9.80 Å². The molecule has 0 N–H and O–H groups in total. The van der Waals surface area contributed by atoms with Gasteiger partial charge in [0, 0.05) is 32.2 Å². The molecule has 2 fully saturated rings. The van der Waals surface area contributed by atoms with Crippen molar-refractivity contribution in [2.75, 3.05) is 32.7 Å². The Bertz CT molecular complexity index is 297. The fourth-order valence-electron chi connectivity index (χ4n) is 3.86. The quantitative estimate of drug-likeness (QED) is 0.708. The maximum Gasteiger partial charge on any atom is 0.0223 e. The van der Waals surface area contributed by atoms with Gasteiger partial charge >= 0.3 is 0 Å². The topological polar surface area (TPSA) is 6.48 Å². The average molecular weight is 248 g/mol. The van der Waals surface area contributed by atoms with E-state index >= 15 is 0 Å². The molecule has 0 saturated carbocycles. The third kappa shape index (κ3) is 3.16. The lowest BCUT2D eigenvalue weighted by Crippen LogP contribution is -2.54. The van der Waals surface area contributed by atoms with Gasteiger partial charge < -0.3 is 4.90 Å². The van der Waals surface area contributed by atoms with Gasteiger partial charge in [0.05, 0.1) is 0 Å². The smallest absolute Gasteiger partial charge is 0.0223 e. The maximum atomic E-state index is 2.74. The predicted octanol–water partition coefficient (Wildman–Crippen LogP) is 3.05. The second-order valence-corrected chi connectivity index (χ2v) is 6.34. The van der Waals surface area contributed by atoms with E-state index in [2.05, 4.69) is 15.9 Å². The summed E-state index contributed by atoms with van der Waals surface area (Å²) in [4.78, 5) is 5.46. The lowest BCUT2D eigenvalue weighted by atomic mass is 9.96. The molecule has 0 amide bonds. The van der Waals surface area contributed by atoms with E-state index < -0.39 is 0 Å². The minimum Gasteiger partial charge on any atom is -0.300 e. The van der Waals surface area contributed by atoms with Crippen LogP contribution in [0.25, 0.3) is 0 Å². The molecule has 0 radical (unpaired) electrons. The van der Waals surface area contributed by atoms with E-state index in [1.807, 2.05) is 0 Å². The number of piperazine rings is 1. The molecule has 1 atom stereocenters. The third-order valence-corrected chi connectivity index (χ3v) is 5.06. The number of nitrogens with zero attached hydrogens (tertiary/aromatic N) is 2. The molecule has 0 aromatic carbocycles. The molecule has 2 heterocycles.